The molecule has 0 heterocycles. The van der Waals surface area contributed by atoms with Crippen LogP contribution in [0.4, 0.5) is 0 Å². The van der Waals surface area contributed by atoms with Gasteiger partial charge in [-0.05, 0) is 41.1 Å². The van der Waals surface area contributed by atoms with Crippen LogP contribution < -0.4 is 10.2 Å². The summed E-state index contributed by atoms with van der Waals surface area (Å²) in [7, 11) is -1.43. The van der Waals surface area contributed by atoms with E-state index in [4.69, 9.17) is 14.8 Å². The van der Waals surface area contributed by atoms with E-state index in [2.05, 4.69) is 32.0 Å². The molecule has 0 aliphatic rings. The van der Waals surface area contributed by atoms with Crippen molar-refractivity contribution >= 4 is 12.6 Å². The fourth-order valence-corrected chi connectivity index (χ4v) is 2.19. The van der Waals surface area contributed by atoms with E-state index in [-0.39, 0.29) is 0 Å². The normalized spacial score (nSPS) is 10.8. The molecule has 0 saturated carbocycles. The van der Waals surface area contributed by atoms with Crippen molar-refractivity contribution in [3.05, 3.63) is 59.2 Å². The predicted octanol–water partition coefficient (Wildman–Crippen LogP) is 2.38. The molecular formula is C17H21BO3. The summed E-state index contributed by atoms with van der Waals surface area (Å²) >= 11 is 0. The molecule has 0 spiro atoms. The first-order chi connectivity index (χ1) is 9.97. The highest BCUT2D eigenvalue weighted by molar-refractivity contribution is 6.58. The second-order valence-corrected chi connectivity index (χ2v) is 5.60. The number of aryl methyl sites for hydroxylation is 1. The molecule has 2 rings (SSSR count). The zero-order valence-corrected chi connectivity index (χ0v) is 12.7. The van der Waals surface area contributed by atoms with Crippen LogP contribution in [0.25, 0.3) is 0 Å². The van der Waals surface area contributed by atoms with Gasteiger partial charge in [-0.15, -0.1) is 0 Å². The minimum absolute atomic E-state index is 0.410. The largest absolute Gasteiger partial charge is 0.489 e. The van der Waals surface area contributed by atoms with Crippen molar-refractivity contribution in [3.8, 4) is 5.75 Å². The van der Waals surface area contributed by atoms with Crippen LogP contribution in [0.15, 0.2) is 42.5 Å². The monoisotopic (exact) mass is 284 g/mol. The Labute approximate surface area is 126 Å². The third kappa shape index (κ3) is 4.10. The highest BCUT2D eigenvalue weighted by Gasteiger charge is 2.11. The van der Waals surface area contributed by atoms with Gasteiger partial charge in [0.25, 0.3) is 0 Å². The van der Waals surface area contributed by atoms with E-state index in [1.54, 1.807) is 12.1 Å². The lowest BCUT2D eigenvalue weighted by molar-refractivity contribution is 0.301. The summed E-state index contributed by atoms with van der Waals surface area (Å²) in [6.45, 7) is 6.81. The van der Waals surface area contributed by atoms with Gasteiger partial charge in [-0.1, -0.05) is 50.2 Å². The van der Waals surface area contributed by atoms with Crippen molar-refractivity contribution in [2.24, 2.45) is 0 Å². The van der Waals surface area contributed by atoms with Gasteiger partial charge >= 0.3 is 7.12 Å². The van der Waals surface area contributed by atoms with Crippen molar-refractivity contribution < 1.29 is 14.8 Å². The summed E-state index contributed by atoms with van der Waals surface area (Å²) in [5, 5.41) is 18.1. The Bertz CT molecular complexity index is 591. The summed E-state index contributed by atoms with van der Waals surface area (Å²) in [6.07, 6.45) is 0. The molecule has 2 N–H and O–H groups in total. The van der Waals surface area contributed by atoms with E-state index in [0.29, 0.717) is 18.0 Å². The number of hydrogen-bond donors (Lipinski definition) is 2. The molecule has 2 aromatic rings. The fraction of sp³-hybridized carbons (Fsp3) is 0.294. The highest BCUT2D eigenvalue weighted by Crippen LogP contribution is 2.28. The molecule has 0 radical (unpaired) electrons. The molecule has 0 fully saturated rings. The molecule has 0 aliphatic heterocycles. The molecule has 21 heavy (non-hydrogen) atoms. The van der Waals surface area contributed by atoms with E-state index in [0.717, 1.165) is 11.3 Å². The third-order valence-electron chi connectivity index (χ3n) is 3.46. The molecule has 0 bridgehead atoms. The van der Waals surface area contributed by atoms with E-state index < -0.39 is 7.12 Å². The summed E-state index contributed by atoms with van der Waals surface area (Å²) in [6, 6.07) is 13.4. The van der Waals surface area contributed by atoms with E-state index >= 15 is 0 Å². The quantitative estimate of drug-likeness (QED) is 0.829. The van der Waals surface area contributed by atoms with Gasteiger partial charge in [0.2, 0.25) is 0 Å². The third-order valence-corrected chi connectivity index (χ3v) is 3.46. The topological polar surface area (TPSA) is 49.7 Å². The van der Waals surface area contributed by atoms with Gasteiger partial charge in [0.15, 0.2) is 0 Å². The Kier molecular flexibility index (Phi) is 5.05. The molecule has 3 nitrogen and oxygen atoms in total. The minimum Gasteiger partial charge on any atom is -0.489 e. The van der Waals surface area contributed by atoms with Crippen LogP contribution in [-0.2, 0) is 6.61 Å². The van der Waals surface area contributed by atoms with E-state index in [1.165, 1.54) is 11.1 Å². The smallest absolute Gasteiger partial charge is 0.488 e. The molecule has 0 atom stereocenters. The van der Waals surface area contributed by atoms with Crippen molar-refractivity contribution in [3.63, 3.8) is 0 Å². The fourth-order valence-electron chi connectivity index (χ4n) is 2.19. The van der Waals surface area contributed by atoms with Gasteiger partial charge in [0.05, 0.1) is 0 Å². The first-order valence-corrected chi connectivity index (χ1v) is 7.15. The van der Waals surface area contributed by atoms with Gasteiger partial charge in [-0.3, -0.25) is 0 Å². The Morgan fingerprint density at radius 3 is 2.29 bits per heavy atom. The summed E-state index contributed by atoms with van der Waals surface area (Å²) in [5.74, 6) is 1.32. The van der Waals surface area contributed by atoms with Crippen LogP contribution in [-0.4, -0.2) is 17.2 Å². The second-order valence-electron chi connectivity index (χ2n) is 5.60. The maximum Gasteiger partial charge on any atom is 0.488 e. The Balaban J connectivity index is 2.10. The standard InChI is InChI=1S/C17H21BO3/c1-12(2)16-9-4-13(3)10-17(16)21-11-14-5-7-15(8-6-14)18(19)20/h4-10,12,19-20H,11H2,1-3H3. The average Bonchev–Trinajstić information content (AvgIpc) is 2.45. The van der Waals surface area contributed by atoms with Crippen molar-refractivity contribution in [1.29, 1.82) is 0 Å². The number of ether oxygens (including phenoxy) is 1. The van der Waals surface area contributed by atoms with E-state index in [9.17, 15) is 0 Å². The van der Waals surface area contributed by atoms with Crippen molar-refractivity contribution in [2.45, 2.75) is 33.3 Å². The van der Waals surface area contributed by atoms with Crippen LogP contribution in [0.2, 0.25) is 0 Å². The van der Waals surface area contributed by atoms with Crippen molar-refractivity contribution in [2.75, 3.05) is 0 Å². The molecule has 0 aromatic heterocycles. The van der Waals surface area contributed by atoms with Gasteiger partial charge in [-0.2, -0.15) is 0 Å². The van der Waals surface area contributed by atoms with Crippen LogP contribution in [0.3, 0.4) is 0 Å². The molecule has 110 valence electrons. The van der Waals surface area contributed by atoms with Crippen molar-refractivity contribution in [1.82, 2.24) is 0 Å². The first-order valence-electron chi connectivity index (χ1n) is 7.15. The zero-order chi connectivity index (χ0) is 15.4. The predicted molar refractivity (Wildman–Crippen MR) is 85.9 cm³/mol. The van der Waals surface area contributed by atoms with Crippen LogP contribution in [0.1, 0.15) is 36.5 Å². The van der Waals surface area contributed by atoms with E-state index in [1.807, 2.05) is 19.1 Å². The molecule has 4 heteroatoms. The first kappa shape index (κ1) is 15.6. The lowest BCUT2D eigenvalue weighted by atomic mass is 9.80. The zero-order valence-electron chi connectivity index (χ0n) is 12.7. The molecule has 0 aliphatic carbocycles. The van der Waals surface area contributed by atoms with Gasteiger partial charge in [0, 0.05) is 0 Å². The van der Waals surface area contributed by atoms with Crippen LogP contribution >= 0.6 is 0 Å². The average molecular weight is 284 g/mol. The Morgan fingerprint density at radius 1 is 1.05 bits per heavy atom. The molecule has 0 amide bonds. The summed E-state index contributed by atoms with van der Waals surface area (Å²) in [4.78, 5) is 0. The molecular weight excluding hydrogens is 263 g/mol. The number of rotatable bonds is 5. The molecule has 0 saturated heterocycles. The maximum absolute atomic E-state index is 9.07. The SMILES string of the molecule is Cc1ccc(C(C)C)c(OCc2ccc(B(O)O)cc2)c1. The van der Waals surface area contributed by atoms with Crippen LogP contribution in [0.5, 0.6) is 5.75 Å². The number of hydrogen-bond acceptors (Lipinski definition) is 3. The van der Waals surface area contributed by atoms with Gasteiger partial charge < -0.3 is 14.8 Å². The minimum atomic E-state index is -1.43. The second kappa shape index (κ2) is 6.79. The lowest BCUT2D eigenvalue weighted by Gasteiger charge is -2.15. The molecule has 0 unspecified atom stereocenters. The summed E-state index contributed by atoms with van der Waals surface area (Å²) < 4.78 is 5.94. The molecule has 2 aromatic carbocycles. The summed E-state index contributed by atoms with van der Waals surface area (Å²) in [5.41, 5.74) is 3.85. The highest BCUT2D eigenvalue weighted by atomic mass is 16.5. The Hall–Kier alpha value is -1.78. The van der Waals surface area contributed by atoms with Gasteiger partial charge in [-0.25, -0.2) is 0 Å². The Morgan fingerprint density at radius 2 is 1.71 bits per heavy atom. The van der Waals surface area contributed by atoms with Crippen LogP contribution in [0, 0.1) is 6.92 Å². The lowest BCUT2D eigenvalue weighted by Crippen LogP contribution is -2.29. The number of benzene rings is 2. The van der Waals surface area contributed by atoms with Gasteiger partial charge in [0.1, 0.15) is 12.4 Å². The maximum atomic E-state index is 9.07.